The predicted molar refractivity (Wildman–Crippen MR) is 91.8 cm³/mol. The fourth-order valence-corrected chi connectivity index (χ4v) is 6.25. The van der Waals surface area contributed by atoms with E-state index in [2.05, 4.69) is 55.4 Å². The highest BCUT2D eigenvalue weighted by atomic mass is 28.3. The minimum Gasteiger partial charge on any atom is -0.356 e. The Hall–Kier alpha value is 0.137. The average Bonchev–Trinajstić information content (AvgIpc) is 2.26. The van der Waals surface area contributed by atoms with Crippen LogP contribution in [-0.2, 0) is 9.47 Å². The van der Waals surface area contributed by atoms with E-state index in [4.69, 9.17) is 9.47 Å². The summed E-state index contributed by atoms with van der Waals surface area (Å²) >= 11 is 0. The summed E-state index contributed by atoms with van der Waals surface area (Å²) < 4.78 is 12.3. The average molecular weight is 303 g/mol. The van der Waals surface area contributed by atoms with E-state index in [1.54, 1.807) is 0 Å². The second kappa shape index (κ2) is 10.8. The molecule has 0 heterocycles. The number of hydrogen-bond acceptors (Lipinski definition) is 2. The monoisotopic (exact) mass is 302 g/mol. The Kier molecular flexibility index (Phi) is 10.9. The summed E-state index contributed by atoms with van der Waals surface area (Å²) in [6.45, 7) is 19.8. The molecule has 0 unspecified atom stereocenters. The first kappa shape index (κ1) is 20.1. The lowest BCUT2D eigenvalue weighted by atomic mass is 10.2. The lowest BCUT2D eigenvalue weighted by molar-refractivity contribution is -0.107. The van der Waals surface area contributed by atoms with Gasteiger partial charge in [-0.05, 0) is 23.7 Å². The van der Waals surface area contributed by atoms with Gasteiger partial charge >= 0.3 is 0 Å². The van der Waals surface area contributed by atoms with E-state index in [9.17, 15) is 0 Å². The van der Waals surface area contributed by atoms with E-state index in [0.717, 1.165) is 25.0 Å². The van der Waals surface area contributed by atoms with Crippen molar-refractivity contribution in [1.82, 2.24) is 0 Å². The molecule has 0 aliphatic heterocycles. The molecule has 0 aliphatic carbocycles. The van der Waals surface area contributed by atoms with Gasteiger partial charge in [0.1, 0.15) is 14.7 Å². The van der Waals surface area contributed by atoms with Crippen molar-refractivity contribution in [2.45, 2.75) is 73.4 Å². The van der Waals surface area contributed by atoms with Crippen LogP contribution in [0.5, 0.6) is 0 Å². The van der Waals surface area contributed by atoms with Crippen molar-refractivity contribution in [3.8, 4) is 0 Å². The molecule has 2 nitrogen and oxygen atoms in total. The van der Waals surface area contributed by atoms with Crippen molar-refractivity contribution in [1.29, 1.82) is 0 Å². The van der Waals surface area contributed by atoms with Gasteiger partial charge in [0.15, 0.2) is 0 Å². The van der Waals surface area contributed by atoms with Crippen molar-refractivity contribution in [3.63, 3.8) is 0 Å². The van der Waals surface area contributed by atoms with Crippen LogP contribution in [0.3, 0.4) is 0 Å². The summed E-state index contributed by atoms with van der Waals surface area (Å²) in [7, 11) is -1.03. The molecule has 122 valence electrons. The van der Waals surface area contributed by atoms with Crippen molar-refractivity contribution < 1.29 is 9.47 Å². The zero-order valence-electron chi connectivity index (χ0n) is 15.1. The molecule has 0 saturated carbocycles. The van der Waals surface area contributed by atoms with Gasteiger partial charge in [-0.25, -0.2) is 0 Å². The standard InChI is InChI=1S/C17H38O2Si/c1-13(2)9-18-17(19-10-14(3)4)20(11-15(5)6)12-16(7)8/h13-17,20H,9-12H2,1-8H3. The summed E-state index contributed by atoms with van der Waals surface area (Å²) in [5.41, 5.74) is 0. The Bertz CT molecular complexity index is 205. The third-order valence-corrected chi connectivity index (χ3v) is 7.37. The largest absolute Gasteiger partial charge is 0.356 e. The number of rotatable bonds is 11. The van der Waals surface area contributed by atoms with Crippen molar-refractivity contribution >= 4 is 8.80 Å². The van der Waals surface area contributed by atoms with E-state index in [-0.39, 0.29) is 5.91 Å². The van der Waals surface area contributed by atoms with E-state index < -0.39 is 8.80 Å². The summed E-state index contributed by atoms with van der Waals surface area (Å²) in [4.78, 5) is 0. The lowest BCUT2D eigenvalue weighted by Gasteiger charge is -2.30. The number of hydrogen-bond donors (Lipinski definition) is 0. The molecule has 0 bridgehead atoms. The van der Waals surface area contributed by atoms with Crippen LogP contribution in [0, 0.1) is 23.7 Å². The zero-order chi connectivity index (χ0) is 15.7. The molecule has 0 atom stereocenters. The third kappa shape index (κ3) is 10.9. The van der Waals surface area contributed by atoms with Crippen molar-refractivity contribution in [2.75, 3.05) is 13.2 Å². The first-order chi connectivity index (χ1) is 9.22. The maximum Gasteiger partial charge on any atom is 0.138 e. The molecular formula is C17H38O2Si. The first-order valence-corrected chi connectivity index (χ1v) is 10.8. The molecule has 0 spiro atoms. The number of ether oxygens (including phenoxy) is 2. The molecule has 0 aromatic heterocycles. The summed E-state index contributed by atoms with van der Waals surface area (Å²) in [6, 6.07) is 2.64. The van der Waals surface area contributed by atoms with E-state index >= 15 is 0 Å². The normalized spacial score (nSPS) is 12.9. The molecule has 0 aromatic carbocycles. The van der Waals surface area contributed by atoms with Crippen LogP contribution >= 0.6 is 0 Å². The minimum absolute atomic E-state index is 0.101. The highest BCUT2D eigenvalue weighted by Crippen LogP contribution is 2.21. The third-order valence-electron chi connectivity index (χ3n) is 3.12. The van der Waals surface area contributed by atoms with Crippen LogP contribution in [-0.4, -0.2) is 27.9 Å². The van der Waals surface area contributed by atoms with Gasteiger partial charge < -0.3 is 9.47 Å². The van der Waals surface area contributed by atoms with Crippen molar-refractivity contribution in [2.24, 2.45) is 23.7 Å². The van der Waals surface area contributed by atoms with Gasteiger partial charge in [0.05, 0.1) is 13.2 Å². The maximum atomic E-state index is 6.16. The first-order valence-electron chi connectivity index (χ1n) is 8.45. The molecule has 0 radical (unpaired) electrons. The Morgan fingerprint density at radius 1 is 0.600 bits per heavy atom. The summed E-state index contributed by atoms with van der Waals surface area (Å²) in [5.74, 6) is 2.75. The predicted octanol–water partition coefficient (Wildman–Crippen LogP) is 4.74. The van der Waals surface area contributed by atoms with Crippen molar-refractivity contribution in [3.05, 3.63) is 0 Å². The van der Waals surface area contributed by atoms with E-state index in [1.165, 1.54) is 12.1 Å². The van der Waals surface area contributed by atoms with Crippen LogP contribution in [0.25, 0.3) is 0 Å². The van der Waals surface area contributed by atoms with Gasteiger partial charge in [-0.2, -0.15) is 0 Å². The molecule has 0 amide bonds. The Morgan fingerprint density at radius 2 is 0.950 bits per heavy atom. The van der Waals surface area contributed by atoms with Crippen LogP contribution < -0.4 is 0 Å². The quantitative estimate of drug-likeness (QED) is 0.405. The lowest BCUT2D eigenvalue weighted by Crippen LogP contribution is -2.39. The molecule has 20 heavy (non-hydrogen) atoms. The Labute approximate surface area is 129 Å². The fraction of sp³-hybridized carbons (Fsp3) is 1.00. The van der Waals surface area contributed by atoms with Crippen LogP contribution in [0.4, 0.5) is 0 Å². The Balaban J connectivity index is 4.67. The maximum absolute atomic E-state index is 6.16. The van der Waals surface area contributed by atoms with Gasteiger partial charge in [0.2, 0.25) is 0 Å². The smallest absolute Gasteiger partial charge is 0.138 e. The molecule has 0 aromatic rings. The van der Waals surface area contributed by atoms with Gasteiger partial charge in [-0.15, -0.1) is 0 Å². The van der Waals surface area contributed by atoms with Crippen LogP contribution in [0.15, 0.2) is 0 Å². The summed E-state index contributed by atoms with van der Waals surface area (Å²) in [5, 5.41) is 0. The fourth-order valence-electron chi connectivity index (χ4n) is 2.42. The van der Waals surface area contributed by atoms with E-state index in [1.807, 2.05) is 0 Å². The second-order valence-electron chi connectivity index (χ2n) is 7.84. The highest BCUT2D eigenvalue weighted by molar-refractivity contribution is 6.59. The molecule has 3 heteroatoms. The van der Waals surface area contributed by atoms with Gasteiger partial charge in [-0.1, -0.05) is 67.5 Å². The molecule has 0 aliphatic rings. The van der Waals surface area contributed by atoms with Gasteiger partial charge in [0, 0.05) is 0 Å². The zero-order valence-corrected chi connectivity index (χ0v) is 16.3. The second-order valence-corrected chi connectivity index (χ2v) is 10.8. The molecule has 0 rings (SSSR count). The SMILES string of the molecule is CC(C)COC(OCC(C)C)[SiH](CC(C)C)CC(C)C. The van der Waals surface area contributed by atoms with E-state index in [0.29, 0.717) is 11.8 Å². The summed E-state index contributed by atoms with van der Waals surface area (Å²) in [6.07, 6.45) is 0. The van der Waals surface area contributed by atoms with Gasteiger partial charge in [0.25, 0.3) is 0 Å². The minimum atomic E-state index is -1.03. The van der Waals surface area contributed by atoms with Crippen LogP contribution in [0.2, 0.25) is 12.1 Å². The molecular weight excluding hydrogens is 264 g/mol. The van der Waals surface area contributed by atoms with Gasteiger partial charge in [-0.3, -0.25) is 0 Å². The topological polar surface area (TPSA) is 18.5 Å². The van der Waals surface area contributed by atoms with Crippen LogP contribution in [0.1, 0.15) is 55.4 Å². The Morgan fingerprint density at radius 3 is 1.20 bits per heavy atom. The molecule has 0 saturated heterocycles. The molecule has 0 N–H and O–H groups in total. The molecule has 0 fully saturated rings. The highest BCUT2D eigenvalue weighted by Gasteiger charge is 2.27.